The lowest BCUT2D eigenvalue weighted by atomic mass is 9.81. The molecule has 0 aromatic heterocycles. The number of carbonyl (C=O) groups is 2. The summed E-state index contributed by atoms with van der Waals surface area (Å²) in [6.07, 6.45) is 4.77. The topological polar surface area (TPSA) is 87.9 Å². The smallest absolute Gasteiger partial charge is 0.254 e. The summed E-state index contributed by atoms with van der Waals surface area (Å²) < 4.78 is 32.4. The first-order valence-corrected chi connectivity index (χ1v) is 13.9. The number of nitrogens with two attached hydrogens (primary N) is 1. The van der Waals surface area contributed by atoms with Crippen LogP contribution in [0.1, 0.15) is 48.0 Å². The molecule has 4 unspecified atom stereocenters. The molecular weight excluding hydrogens is 502 g/mol. The first kappa shape index (κ1) is 29.1. The van der Waals surface area contributed by atoms with E-state index in [0.717, 1.165) is 31.2 Å². The van der Waals surface area contributed by atoms with Gasteiger partial charge in [0.2, 0.25) is 5.91 Å². The number of methoxy groups -OCH3 is 1. The molecule has 2 fully saturated rings. The summed E-state index contributed by atoms with van der Waals surface area (Å²) in [5.41, 5.74) is 7.17. The van der Waals surface area contributed by atoms with E-state index in [0.29, 0.717) is 63.2 Å². The molecule has 0 radical (unpaired) electrons. The number of nitrogens with one attached hydrogen (secondary N) is 1. The molecule has 0 spiro atoms. The number of likely N-dealkylation sites (tertiary alicyclic amines) is 1. The molecule has 212 valence electrons. The second kappa shape index (κ2) is 14.0. The largest absolute Gasteiger partial charge is 0.383 e. The third-order valence-corrected chi connectivity index (χ3v) is 8.12. The van der Waals surface area contributed by atoms with Gasteiger partial charge in [-0.3, -0.25) is 14.5 Å². The highest BCUT2D eigenvalue weighted by molar-refractivity contribution is 5.98. The molecular formula is C30H40F2N4O3. The molecule has 9 heteroatoms. The second-order valence-corrected chi connectivity index (χ2v) is 10.8. The van der Waals surface area contributed by atoms with Gasteiger partial charge in [0.15, 0.2) is 0 Å². The van der Waals surface area contributed by atoms with Crippen LogP contribution in [0, 0.1) is 23.5 Å². The van der Waals surface area contributed by atoms with Gasteiger partial charge < -0.3 is 20.7 Å². The maximum atomic E-state index is 13.6. The molecule has 4 atom stereocenters. The van der Waals surface area contributed by atoms with Gasteiger partial charge in [0.1, 0.15) is 17.7 Å². The lowest BCUT2D eigenvalue weighted by Gasteiger charge is -2.29. The van der Waals surface area contributed by atoms with Crippen molar-refractivity contribution in [2.75, 3.05) is 39.9 Å². The lowest BCUT2D eigenvalue weighted by Crippen LogP contribution is -2.47. The second-order valence-electron chi connectivity index (χ2n) is 10.8. The van der Waals surface area contributed by atoms with Gasteiger partial charge in [-0.05, 0) is 86.0 Å². The van der Waals surface area contributed by atoms with E-state index >= 15 is 0 Å². The maximum absolute atomic E-state index is 13.6. The Morgan fingerprint density at radius 3 is 2.36 bits per heavy atom. The van der Waals surface area contributed by atoms with Crippen molar-refractivity contribution in [3.05, 3.63) is 71.3 Å². The number of halogens is 2. The van der Waals surface area contributed by atoms with Gasteiger partial charge in [-0.2, -0.15) is 0 Å². The molecule has 2 aromatic carbocycles. The van der Waals surface area contributed by atoms with Crippen molar-refractivity contribution in [1.29, 1.82) is 0 Å². The number of rotatable bonds is 11. The van der Waals surface area contributed by atoms with Gasteiger partial charge in [-0.25, -0.2) is 8.78 Å². The molecule has 1 saturated carbocycles. The van der Waals surface area contributed by atoms with Gasteiger partial charge in [-0.1, -0.05) is 18.6 Å². The van der Waals surface area contributed by atoms with Crippen molar-refractivity contribution in [2.24, 2.45) is 17.6 Å². The predicted octanol–water partition coefficient (Wildman–Crippen LogP) is 3.58. The Kier molecular flexibility index (Phi) is 10.4. The minimum Gasteiger partial charge on any atom is -0.383 e. The van der Waals surface area contributed by atoms with Crippen LogP contribution in [0.25, 0.3) is 0 Å². The molecule has 2 aromatic rings. The Morgan fingerprint density at radius 2 is 1.69 bits per heavy atom. The number of hydrogen-bond donors (Lipinski definition) is 2. The molecule has 4 rings (SSSR count). The quantitative estimate of drug-likeness (QED) is 0.453. The average molecular weight is 543 g/mol. The summed E-state index contributed by atoms with van der Waals surface area (Å²) in [6.45, 7) is 3.18. The number of amides is 2. The van der Waals surface area contributed by atoms with Gasteiger partial charge in [0.25, 0.3) is 5.91 Å². The van der Waals surface area contributed by atoms with E-state index in [1.54, 1.807) is 24.1 Å². The summed E-state index contributed by atoms with van der Waals surface area (Å²) in [4.78, 5) is 30.9. The minimum atomic E-state index is -0.653. The SMILES string of the molecule is COCCN(Cc1ccc(F)cc1)C1CC(C(=O)NCC2CCCC(CN)C2)N(C(=O)c2ccc(F)cc2)C1. The molecule has 1 saturated heterocycles. The van der Waals surface area contributed by atoms with E-state index < -0.39 is 11.9 Å². The van der Waals surface area contributed by atoms with Crippen molar-refractivity contribution >= 4 is 11.8 Å². The molecule has 2 amide bonds. The number of carbonyl (C=O) groups excluding carboxylic acids is 2. The molecule has 7 nitrogen and oxygen atoms in total. The van der Waals surface area contributed by atoms with E-state index in [1.807, 2.05) is 0 Å². The summed E-state index contributed by atoms with van der Waals surface area (Å²) in [7, 11) is 1.63. The highest BCUT2D eigenvalue weighted by atomic mass is 19.1. The highest BCUT2D eigenvalue weighted by Gasteiger charge is 2.42. The number of benzene rings is 2. The summed E-state index contributed by atoms with van der Waals surface area (Å²) in [5, 5.41) is 3.12. The van der Waals surface area contributed by atoms with Crippen LogP contribution in [-0.2, 0) is 16.1 Å². The zero-order valence-corrected chi connectivity index (χ0v) is 22.7. The van der Waals surface area contributed by atoms with E-state index in [4.69, 9.17) is 10.5 Å². The molecule has 0 bridgehead atoms. The molecule has 2 aliphatic rings. The van der Waals surface area contributed by atoms with Crippen molar-refractivity contribution in [2.45, 2.75) is 50.7 Å². The standard InChI is InChI=1S/C30H40F2N4O3/c1-39-14-13-35(19-21-5-9-25(31)10-6-21)27-16-28(29(37)34-18-23-4-2-3-22(15-23)17-33)36(20-27)30(38)24-7-11-26(32)12-8-24/h5-12,22-23,27-28H,2-4,13-20,33H2,1H3,(H,34,37). The fourth-order valence-electron chi connectivity index (χ4n) is 5.90. The minimum absolute atomic E-state index is 0.110. The predicted molar refractivity (Wildman–Crippen MR) is 146 cm³/mol. The third kappa shape index (κ3) is 7.84. The normalized spacial score (nSPS) is 23.3. The van der Waals surface area contributed by atoms with Crippen LogP contribution < -0.4 is 11.1 Å². The van der Waals surface area contributed by atoms with Crippen LogP contribution in [0.5, 0.6) is 0 Å². The van der Waals surface area contributed by atoms with Gasteiger partial charge in [0.05, 0.1) is 6.61 Å². The van der Waals surface area contributed by atoms with Gasteiger partial charge >= 0.3 is 0 Å². The van der Waals surface area contributed by atoms with Crippen molar-refractivity contribution in [3.63, 3.8) is 0 Å². The highest BCUT2D eigenvalue weighted by Crippen LogP contribution is 2.29. The Hall–Kier alpha value is -2.88. The van der Waals surface area contributed by atoms with E-state index in [-0.39, 0.29) is 23.7 Å². The number of nitrogens with zero attached hydrogens (tertiary/aromatic N) is 2. The van der Waals surface area contributed by atoms with Gasteiger partial charge in [0, 0.05) is 44.9 Å². The van der Waals surface area contributed by atoms with Crippen LogP contribution >= 0.6 is 0 Å². The molecule has 3 N–H and O–H groups in total. The Labute approximate surface area is 229 Å². The zero-order chi connectivity index (χ0) is 27.8. The summed E-state index contributed by atoms with van der Waals surface area (Å²) in [6, 6.07) is 11.0. The first-order chi connectivity index (χ1) is 18.9. The molecule has 39 heavy (non-hydrogen) atoms. The van der Waals surface area contributed by atoms with Crippen LogP contribution in [0.2, 0.25) is 0 Å². The molecule has 1 aliphatic heterocycles. The fourth-order valence-corrected chi connectivity index (χ4v) is 5.90. The van der Waals surface area contributed by atoms with E-state index in [1.165, 1.54) is 36.4 Å². The van der Waals surface area contributed by atoms with Crippen LogP contribution in [-0.4, -0.2) is 73.6 Å². The van der Waals surface area contributed by atoms with Crippen molar-refractivity contribution in [3.8, 4) is 0 Å². The summed E-state index contributed by atoms with van der Waals surface area (Å²) >= 11 is 0. The summed E-state index contributed by atoms with van der Waals surface area (Å²) in [5.74, 6) is -0.316. The first-order valence-electron chi connectivity index (χ1n) is 13.9. The zero-order valence-electron chi connectivity index (χ0n) is 22.7. The lowest BCUT2D eigenvalue weighted by molar-refractivity contribution is -0.125. The van der Waals surface area contributed by atoms with Crippen molar-refractivity contribution in [1.82, 2.24) is 15.1 Å². The van der Waals surface area contributed by atoms with Crippen LogP contribution in [0.3, 0.4) is 0 Å². The molecule has 1 heterocycles. The van der Waals surface area contributed by atoms with Gasteiger partial charge in [-0.15, -0.1) is 0 Å². The molecule has 1 aliphatic carbocycles. The maximum Gasteiger partial charge on any atom is 0.254 e. The Morgan fingerprint density at radius 1 is 1.03 bits per heavy atom. The Balaban J connectivity index is 1.51. The monoisotopic (exact) mass is 542 g/mol. The average Bonchev–Trinajstić information content (AvgIpc) is 3.40. The fraction of sp³-hybridized carbons (Fsp3) is 0.533. The van der Waals surface area contributed by atoms with E-state index in [9.17, 15) is 18.4 Å². The van der Waals surface area contributed by atoms with E-state index in [2.05, 4.69) is 10.2 Å². The number of hydrogen-bond acceptors (Lipinski definition) is 5. The van der Waals surface area contributed by atoms with Crippen molar-refractivity contribution < 1.29 is 23.1 Å². The Bertz CT molecular complexity index is 1080. The number of ether oxygens (including phenoxy) is 1. The van der Waals surface area contributed by atoms with Crippen LogP contribution in [0.4, 0.5) is 8.78 Å². The van der Waals surface area contributed by atoms with Crippen LogP contribution in [0.15, 0.2) is 48.5 Å². The third-order valence-electron chi connectivity index (χ3n) is 8.12.